The van der Waals surface area contributed by atoms with Crippen LogP contribution in [-0.2, 0) is 26.9 Å². The summed E-state index contributed by atoms with van der Waals surface area (Å²) in [5.74, 6) is -1.94. The predicted molar refractivity (Wildman–Crippen MR) is 103 cm³/mol. The normalized spacial score (nSPS) is 28.5. The molecular weight excluding hydrogens is 431 g/mol. The summed E-state index contributed by atoms with van der Waals surface area (Å²) in [5.41, 5.74) is -7.37. The molecule has 2 aliphatic heterocycles. The van der Waals surface area contributed by atoms with Gasteiger partial charge in [-0.1, -0.05) is 0 Å². The number of rotatable bonds is 2. The number of amides is 1. The number of benzene rings is 1. The van der Waals surface area contributed by atoms with Crippen LogP contribution in [0.2, 0.25) is 0 Å². The van der Waals surface area contributed by atoms with Crippen molar-refractivity contribution in [3.8, 4) is 23.5 Å². The molecule has 0 unspecified atom stereocenters. The van der Waals surface area contributed by atoms with Crippen molar-refractivity contribution < 1.29 is 38.0 Å². The number of nitriles is 1. The summed E-state index contributed by atoms with van der Waals surface area (Å²) in [5, 5.41) is 42.2. The Kier molecular flexibility index (Phi) is 4.24. The Morgan fingerprint density at radius 2 is 1.81 bits per heavy atom. The van der Waals surface area contributed by atoms with Crippen LogP contribution in [-0.4, -0.2) is 50.4 Å². The summed E-state index contributed by atoms with van der Waals surface area (Å²) in [6.07, 6.45) is -5.08. The van der Waals surface area contributed by atoms with Crippen LogP contribution < -0.4 is 0 Å². The molecule has 2 aliphatic rings. The van der Waals surface area contributed by atoms with Crippen LogP contribution in [0.15, 0.2) is 18.2 Å². The summed E-state index contributed by atoms with van der Waals surface area (Å²) in [6.45, 7) is 2.90. The van der Waals surface area contributed by atoms with Gasteiger partial charge in [0.05, 0.1) is 34.0 Å². The molecule has 3 N–H and O–H groups in total. The first-order valence-corrected chi connectivity index (χ1v) is 9.56. The number of likely N-dealkylation sites (N-methyl/N-ethyl adjacent to an activating group) is 1. The Labute approximate surface area is 180 Å². The van der Waals surface area contributed by atoms with Gasteiger partial charge in [-0.15, -0.1) is 0 Å². The fourth-order valence-corrected chi connectivity index (χ4v) is 5.02. The molecule has 2 aromatic rings. The molecule has 1 aromatic heterocycles. The molecular formula is C21H20F3N3O5. The van der Waals surface area contributed by atoms with Gasteiger partial charge >= 0.3 is 6.18 Å². The molecule has 170 valence electrons. The van der Waals surface area contributed by atoms with E-state index in [4.69, 9.17) is 10.00 Å². The van der Waals surface area contributed by atoms with E-state index in [9.17, 15) is 33.3 Å². The minimum Gasteiger partial charge on any atom is -0.494 e. The lowest BCUT2D eigenvalue weighted by Gasteiger charge is -2.38. The second kappa shape index (κ2) is 6.17. The van der Waals surface area contributed by atoms with E-state index in [1.807, 2.05) is 0 Å². The van der Waals surface area contributed by atoms with Gasteiger partial charge in [-0.2, -0.15) is 18.4 Å². The summed E-state index contributed by atoms with van der Waals surface area (Å²) >= 11 is 0. The zero-order valence-corrected chi connectivity index (χ0v) is 17.6. The molecule has 0 aliphatic carbocycles. The summed E-state index contributed by atoms with van der Waals surface area (Å²) in [7, 11) is 2.88. The van der Waals surface area contributed by atoms with Crippen molar-refractivity contribution >= 4 is 5.91 Å². The number of carbonyl (C=O) groups excluding carboxylic acids is 1. The Hall–Kier alpha value is -3.23. The molecule has 0 spiro atoms. The van der Waals surface area contributed by atoms with E-state index in [1.165, 1.54) is 38.9 Å². The van der Waals surface area contributed by atoms with Gasteiger partial charge in [-0.3, -0.25) is 9.36 Å². The number of carbonyl (C=O) groups is 1. The van der Waals surface area contributed by atoms with Crippen LogP contribution in [0.1, 0.15) is 42.5 Å². The third-order valence-corrected chi connectivity index (χ3v) is 6.39. The van der Waals surface area contributed by atoms with E-state index in [1.54, 1.807) is 0 Å². The minimum atomic E-state index is -4.85. The Balaban J connectivity index is 1.97. The number of aromatic hydroxyl groups is 2. The lowest BCUT2D eigenvalue weighted by molar-refractivity contribution is -0.171. The molecule has 3 heterocycles. The number of alkyl halides is 3. The number of aromatic nitrogens is 1. The standard InChI is InChI=1S/C21H20F3N3O5/c1-18-9-20(31,17(30)26(3)4)19(2,32-18)14-13(18)15(28)27(16(14)29)11-6-5-10(8-25)12(7-11)21(22,23)24/h5-7,28-29,31H,9H2,1-4H3/t18-,19+,20+/m0/s1. The van der Waals surface area contributed by atoms with E-state index in [0.717, 1.165) is 16.7 Å². The molecule has 32 heavy (non-hydrogen) atoms. The van der Waals surface area contributed by atoms with Gasteiger partial charge in [0.2, 0.25) is 11.8 Å². The molecule has 11 heteroatoms. The van der Waals surface area contributed by atoms with Crippen molar-refractivity contribution in [2.24, 2.45) is 0 Å². The van der Waals surface area contributed by atoms with Gasteiger partial charge < -0.3 is 25.0 Å². The molecule has 0 saturated carbocycles. The van der Waals surface area contributed by atoms with E-state index in [0.29, 0.717) is 6.07 Å². The molecule has 3 atom stereocenters. The zero-order chi connectivity index (χ0) is 24.0. The summed E-state index contributed by atoms with van der Waals surface area (Å²) in [6, 6.07) is 4.19. The van der Waals surface area contributed by atoms with Crippen molar-refractivity contribution in [2.45, 2.75) is 43.2 Å². The molecule has 1 amide bonds. The highest BCUT2D eigenvalue weighted by atomic mass is 19.4. The Morgan fingerprint density at radius 3 is 2.34 bits per heavy atom. The topological polar surface area (TPSA) is 119 Å². The highest BCUT2D eigenvalue weighted by molar-refractivity contribution is 5.89. The predicted octanol–water partition coefficient (Wildman–Crippen LogP) is 2.46. The first kappa shape index (κ1) is 22.0. The molecule has 1 fully saturated rings. The van der Waals surface area contributed by atoms with Gasteiger partial charge in [0, 0.05) is 20.5 Å². The third-order valence-electron chi connectivity index (χ3n) is 6.39. The van der Waals surface area contributed by atoms with E-state index < -0.39 is 51.8 Å². The zero-order valence-electron chi connectivity index (χ0n) is 17.6. The number of halogens is 3. The monoisotopic (exact) mass is 451 g/mol. The number of fused-ring (bicyclic) bond motifs is 5. The van der Waals surface area contributed by atoms with Gasteiger partial charge in [0.15, 0.2) is 5.60 Å². The number of hydrogen-bond acceptors (Lipinski definition) is 6. The maximum absolute atomic E-state index is 13.4. The third kappa shape index (κ3) is 2.47. The molecule has 2 bridgehead atoms. The van der Waals surface area contributed by atoms with Gasteiger partial charge in [-0.05, 0) is 32.0 Å². The number of ether oxygens (including phenoxy) is 1. The summed E-state index contributed by atoms with van der Waals surface area (Å²) < 4.78 is 47.0. The van der Waals surface area contributed by atoms with Crippen LogP contribution in [0.3, 0.4) is 0 Å². The van der Waals surface area contributed by atoms with Crippen molar-refractivity contribution in [2.75, 3.05) is 14.1 Å². The average molecular weight is 451 g/mol. The quantitative estimate of drug-likeness (QED) is 0.646. The van der Waals surface area contributed by atoms with Crippen molar-refractivity contribution in [1.82, 2.24) is 9.47 Å². The Morgan fingerprint density at radius 1 is 1.22 bits per heavy atom. The maximum Gasteiger partial charge on any atom is 0.417 e. The first-order chi connectivity index (χ1) is 14.6. The van der Waals surface area contributed by atoms with Crippen LogP contribution in [0.25, 0.3) is 5.69 Å². The van der Waals surface area contributed by atoms with E-state index in [2.05, 4.69) is 0 Å². The van der Waals surface area contributed by atoms with Crippen molar-refractivity contribution in [3.63, 3.8) is 0 Å². The fourth-order valence-electron chi connectivity index (χ4n) is 5.02. The molecule has 4 rings (SSSR count). The second-order valence-electron chi connectivity index (χ2n) is 8.67. The number of nitrogens with zero attached hydrogens (tertiary/aromatic N) is 3. The van der Waals surface area contributed by atoms with Crippen molar-refractivity contribution in [3.05, 3.63) is 40.5 Å². The molecule has 1 saturated heterocycles. The average Bonchev–Trinajstić information content (AvgIpc) is 3.19. The van der Waals surface area contributed by atoms with Crippen LogP contribution in [0, 0.1) is 11.3 Å². The Bertz CT molecular complexity index is 1210. The van der Waals surface area contributed by atoms with E-state index >= 15 is 0 Å². The van der Waals surface area contributed by atoms with Gasteiger partial charge in [0.25, 0.3) is 5.91 Å². The summed E-state index contributed by atoms with van der Waals surface area (Å²) in [4.78, 5) is 14.0. The lowest BCUT2D eigenvalue weighted by Crippen LogP contribution is -2.57. The molecule has 0 radical (unpaired) electrons. The fraction of sp³-hybridized carbons (Fsp3) is 0.429. The van der Waals surface area contributed by atoms with Crippen LogP contribution in [0.5, 0.6) is 11.8 Å². The first-order valence-electron chi connectivity index (χ1n) is 9.56. The van der Waals surface area contributed by atoms with Crippen LogP contribution in [0.4, 0.5) is 13.2 Å². The SMILES string of the molecule is CN(C)C(=O)[C@]1(O)C[C@]2(C)O[C@]1(C)c1c2c(O)n(-c2ccc(C#N)c(C(F)(F)F)c2)c1O. The number of aliphatic hydroxyl groups is 1. The smallest absolute Gasteiger partial charge is 0.417 e. The van der Waals surface area contributed by atoms with Crippen LogP contribution >= 0.6 is 0 Å². The largest absolute Gasteiger partial charge is 0.494 e. The molecule has 8 nitrogen and oxygen atoms in total. The molecule has 1 aromatic carbocycles. The van der Waals surface area contributed by atoms with Gasteiger partial charge in [-0.25, -0.2) is 0 Å². The highest BCUT2D eigenvalue weighted by Crippen LogP contribution is 2.68. The lowest BCUT2D eigenvalue weighted by atomic mass is 9.69. The maximum atomic E-state index is 13.4. The minimum absolute atomic E-state index is 0.0756. The highest BCUT2D eigenvalue weighted by Gasteiger charge is 2.74. The second-order valence-corrected chi connectivity index (χ2v) is 8.67. The number of hydrogen-bond donors (Lipinski definition) is 3. The van der Waals surface area contributed by atoms with Crippen molar-refractivity contribution in [1.29, 1.82) is 5.26 Å². The van der Waals surface area contributed by atoms with Gasteiger partial charge in [0.1, 0.15) is 11.2 Å². The van der Waals surface area contributed by atoms with E-state index in [-0.39, 0.29) is 23.2 Å².